The lowest BCUT2D eigenvalue weighted by Crippen LogP contribution is -2.38. The Bertz CT molecular complexity index is 742. The number of furan rings is 1. The third-order valence-electron chi connectivity index (χ3n) is 3.11. The van der Waals surface area contributed by atoms with Gasteiger partial charge in [-0.05, 0) is 24.3 Å². The number of benzene rings is 1. The molecule has 0 aliphatic rings. The van der Waals surface area contributed by atoms with Gasteiger partial charge in [-0.1, -0.05) is 0 Å². The molecule has 128 valence electrons. The van der Waals surface area contributed by atoms with Crippen molar-refractivity contribution in [1.82, 2.24) is 0 Å². The zero-order valence-electron chi connectivity index (χ0n) is 12.7. The second kappa shape index (κ2) is 6.65. The molecule has 0 aliphatic heterocycles. The predicted molar refractivity (Wildman–Crippen MR) is 79.1 cm³/mol. The van der Waals surface area contributed by atoms with Gasteiger partial charge < -0.3 is 19.4 Å². The molecule has 2 aromatic rings. The fraction of sp³-hybridized carbons (Fsp3) is 0.200. The van der Waals surface area contributed by atoms with Crippen LogP contribution in [-0.2, 0) is 4.79 Å². The van der Waals surface area contributed by atoms with E-state index in [-0.39, 0.29) is 22.9 Å². The molecule has 1 aromatic carbocycles. The van der Waals surface area contributed by atoms with Crippen molar-refractivity contribution in [3.63, 3.8) is 0 Å². The summed E-state index contributed by atoms with van der Waals surface area (Å²) in [6, 6.07) is 6.78. The maximum absolute atomic E-state index is 12.5. The minimum atomic E-state index is -4.99. The highest BCUT2D eigenvalue weighted by Gasteiger charge is 2.41. The van der Waals surface area contributed by atoms with Crippen molar-refractivity contribution < 1.29 is 31.9 Å². The molecule has 1 N–H and O–H groups in total. The summed E-state index contributed by atoms with van der Waals surface area (Å²) in [5.41, 5.74) is 0.181. The normalized spacial score (nSPS) is 11.0. The third-order valence-corrected chi connectivity index (χ3v) is 3.11. The average Bonchev–Trinajstić information content (AvgIpc) is 3.07. The van der Waals surface area contributed by atoms with Crippen molar-refractivity contribution >= 4 is 23.2 Å². The molecule has 9 heteroatoms. The third kappa shape index (κ3) is 3.67. The molecule has 0 aliphatic carbocycles. The Morgan fingerprint density at radius 2 is 1.96 bits per heavy atom. The number of carbonyl (C=O) groups excluding carboxylic acids is 2. The van der Waals surface area contributed by atoms with Crippen LogP contribution in [0.3, 0.4) is 0 Å². The Balaban J connectivity index is 2.24. The van der Waals surface area contributed by atoms with Crippen LogP contribution in [0.15, 0.2) is 41.0 Å². The van der Waals surface area contributed by atoms with Gasteiger partial charge in [0.05, 0.1) is 19.1 Å². The minimum absolute atomic E-state index is 0.0369. The average molecular weight is 342 g/mol. The molecule has 6 nitrogen and oxygen atoms in total. The van der Waals surface area contributed by atoms with Crippen LogP contribution >= 0.6 is 0 Å². The van der Waals surface area contributed by atoms with Gasteiger partial charge >= 0.3 is 12.1 Å². The van der Waals surface area contributed by atoms with E-state index in [0.29, 0.717) is 4.90 Å². The van der Waals surface area contributed by atoms with Crippen LogP contribution < -0.4 is 15.0 Å². The highest BCUT2D eigenvalue weighted by molar-refractivity contribution is 6.03. The van der Waals surface area contributed by atoms with E-state index in [9.17, 15) is 22.8 Å². The van der Waals surface area contributed by atoms with E-state index in [2.05, 4.69) is 5.32 Å². The van der Waals surface area contributed by atoms with Crippen molar-refractivity contribution in [2.24, 2.45) is 0 Å². The molecule has 1 aromatic heterocycles. The van der Waals surface area contributed by atoms with E-state index in [4.69, 9.17) is 9.15 Å². The predicted octanol–water partition coefficient (Wildman–Crippen LogP) is 3.07. The molecule has 24 heavy (non-hydrogen) atoms. The highest BCUT2D eigenvalue weighted by Crippen LogP contribution is 2.31. The minimum Gasteiger partial charge on any atom is -0.494 e. The van der Waals surface area contributed by atoms with Crippen LogP contribution in [0.1, 0.15) is 10.6 Å². The van der Waals surface area contributed by atoms with E-state index >= 15 is 0 Å². The standard InChI is InChI=1S/C15H13F3N2O4/c1-20(14(22)15(16,17)18)9-5-6-10(12(8-9)23-2)19-13(21)11-4-3-7-24-11/h3-8H,1-2H3,(H,19,21). The van der Waals surface area contributed by atoms with Gasteiger partial charge in [0.25, 0.3) is 5.91 Å². The van der Waals surface area contributed by atoms with Crippen LogP contribution in [-0.4, -0.2) is 32.1 Å². The topological polar surface area (TPSA) is 71.8 Å². The molecule has 0 bridgehead atoms. The second-order valence-corrected chi connectivity index (χ2v) is 4.68. The lowest BCUT2D eigenvalue weighted by atomic mass is 10.2. The van der Waals surface area contributed by atoms with Crippen LogP contribution in [0.5, 0.6) is 5.75 Å². The number of anilines is 2. The molecule has 0 atom stereocenters. The molecule has 0 spiro atoms. The number of hydrogen-bond donors (Lipinski definition) is 1. The number of nitrogens with one attached hydrogen (secondary N) is 1. The number of alkyl halides is 3. The number of nitrogens with zero attached hydrogens (tertiary/aromatic N) is 1. The molecular weight excluding hydrogens is 329 g/mol. The van der Waals surface area contributed by atoms with Crippen LogP contribution in [0.25, 0.3) is 0 Å². The maximum Gasteiger partial charge on any atom is 0.471 e. The van der Waals surface area contributed by atoms with Gasteiger partial charge in [0.2, 0.25) is 0 Å². The Hall–Kier alpha value is -2.97. The molecule has 0 saturated carbocycles. The molecule has 0 fully saturated rings. The molecule has 0 radical (unpaired) electrons. The van der Waals surface area contributed by atoms with Crippen molar-refractivity contribution in [3.05, 3.63) is 42.4 Å². The van der Waals surface area contributed by atoms with Crippen molar-refractivity contribution in [1.29, 1.82) is 0 Å². The summed E-state index contributed by atoms with van der Waals surface area (Å²) in [7, 11) is 2.28. The van der Waals surface area contributed by atoms with Gasteiger partial charge in [-0.15, -0.1) is 0 Å². The largest absolute Gasteiger partial charge is 0.494 e. The number of methoxy groups -OCH3 is 1. The van der Waals surface area contributed by atoms with Gasteiger partial charge in [0, 0.05) is 18.8 Å². The first-order chi connectivity index (χ1) is 11.2. The van der Waals surface area contributed by atoms with Crippen molar-refractivity contribution in [2.45, 2.75) is 6.18 Å². The number of carbonyl (C=O) groups is 2. The highest BCUT2D eigenvalue weighted by atomic mass is 19.4. The van der Waals surface area contributed by atoms with E-state index in [0.717, 1.165) is 7.05 Å². The number of ether oxygens (including phenoxy) is 1. The van der Waals surface area contributed by atoms with Gasteiger partial charge in [0.1, 0.15) is 5.75 Å². The summed E-state index contributed by atoms with van der Waals surface area (Å²) in [4.78, 5) is 23.6. The fourth-order valence-electron chi connectivity index (χ4n) is 1.89. The van der Waals surface area contributed by atoms with Crippen LogP contribution in [0, 0.1) is 0 Å². The lowest BCUT2D eigenvalue weighted by molar-refractivity contribution is -0.170. The van der Waals surface area contributed by atoms with Crippen LogP contribution in [0.4, 0.5) is 24.5 Å². The number of hydrogen-bond acceptors (Lipinski definition) is 4. The van der Waals surface area contributed by atoms with E-state index in [1.54, 1.807) is 0 Å². The summed E-state index contributed by atoms with van der Waals surface area (Å²) in [6.45, 7) is 0. The van der Waals surface area contributed by atoms with Gasteiger partial charge in [-0.3, -0.25) is 9.59 Å². The van der Waals surface area contributed by atoms with E-state index < -0.39 is 18.0 Å². The molecule has 2 rings (SSSR count). The Morgan fingerprint density at radius 3 is 2.50 bits per heavy atom. The molecular formula is C15H13F3N2O4. The van der Waals surface area contributed by atoms with Gasteiger partial charge in [0.15, 0.2) is 5.76 Å². The first-order valence-electron chi connectivity index (χ1n) is 6.62. The van der Waals surface area contributed by atoms with Gasteiger partial charge in [-0.2, -0.15) is 13.2 Å². The zero-order valence-corrected chi connectivity index (χ0v) is 12.7. The summed E-state index contributed by atoms with van der Waals surface area (Å²) < 4.78 is 47.5. The molecule has 0 saturated heterocycles. The maximum atomic E-state index is 12.5. The van der Waals surface area contributed by atoms with Gasteiger partial charge in [-0.25, -0.2) is 0 Å². The Kier molecular flexibility index (Phi) is 4.82. The second-order valence-electron chi connectivity index (χ2n) is 4.68. The van der Waals surface area contributed by atoms with Crippen LogP contribution in [0.2, 0.25) is 0 Å². The summed E-state index contributed by atoms with van der Waals surface area (Å²) >= 11 is 0. The molecule has 1 heterocycles. The SMILES string of the molecule is COc1cc(N(C)C(=O)C(F)(F)F)ccc1NC(=O)c1ccco1. The summed E-state index contributed by atoms with van der Waals surface area (Å²) in [5.74, 6) is -2.41. The number of halogens is 3. The molecule has 0 unspecified atom stereocenters. The first-order valence-corrected chi connectivity index (χ1v) is 6.62. The van der Waals surface area contributed by atoms with E-state index in [1.807, 2.05) is 0 Å². The number of rotatable bonds is 4. The smallest absolute Gasteiger partial charge is 0.471 e. The quantitative estimate of drug-likeness (QED) is 0.927. The number of amides is 2. The van der Waals surface area contributed by atoms with Crippen molar-refractivity contribution in [3.8, 4) is 5.75 Å². The Morgan fingerprint density at radius 1 is 1.25 bits per heavy atom. The monoisotopic (exact) mass is 342 g/mol. The lowest BCUT2D eigenvalue weighted by Gasteiger charge is -2.20. The van der Waals surface area contributed by atoms with E-state index in [1.165, 1.54) is 43.7 Å². The first kappa shape index (κ1) is 17.4. The van der Waals surface area contributed by atoms with Crippen molar-refractivity contribution in [2.75, 3.05) is 24.4 Å². The zero-order chi connectivity index (χ0) is 17.9. The summed E-state index contributed by atoms with van der Waals surface area (Å²) in [5, 5.41) is 2.51. The Labute approximate surface area is 134 Å². The fourth-order valence-corrected chi connectivity index (χ4v) is 1.89. The molecule has 2 amide bonds. The summed E-state index contributed by atoms with van der Waals surface area (Å²) in [6.07, 6.45) is -3.67.